The van der Waals surface area contributed by atoms with Crippen LogP contribution >= 0.6 is 0 Å². The second-order valence-corrected chi connectivity index (χ2v) is 4.58. The first-order valence-corrected chi connectivity index (χ1v) is 6.47. The zero-order chi connectivity index (χ0) is 14.7. The lowest BCUT2D eigenvalue weighted by molar-refractivity contribution is 0.757. The number of H-pyrrole nitrogens is 1. The highest BCUT2D eigenvalue weighted by atomic mass is 16.1. The summed E-state index contributed by atoms with van der Waals surface area (Å²) in [4.78, 5) is 19.0. The zero-order valence-corrected chi connectivity index (χ0v) is 11.2. The minimum absolute atomic E-state index is 0.141. The third-order valence-electron chi connectivity index (χ3n) is 3.21. The zero-order valence-electron chi connectivity index (χ0n) is 11.2. The average Bonchev–Trinajstić information content (AvgIpc) is 2.95. The molecule has 0 fully saturated rings. The van der Waals surface area contributed by atoms with Gasteiger partial charge >= 0.3 is 0 Å². The third kappa shape index (κ3) is 2.60. The molecule has 0 bridgehead atoms. The Labute approximate surface area is 121 Å². The fourth-order valence-corrected chi connectivity index (χ4v) is 2.19. The maximum absolute atomic E-state index is 12.2. The lowest BCUT2D eigenvalue weighted by atomic mass is 10.1. The topological polar surface area (TPSA) is 74.5 Å². The van der Waals surface area contributed by atoms with E-state index in [1.165, 1.54) is 0 Å². The van der Waals surface area contributed by atoms with Gasteiger partial charge in [0, 0.05) is 23.7 Å². The lowest BCUT2D eigenvalue weighted by Crippen LogP contribution is -2.13. The molecule has 0 radical (unpaired) electrons. The Hall–Kier alpha value is -3.13. The van der Waals surface area contributed by atoms with Crippen LogP contribution in [-0.2, 0) is 6.54 Å². The summed E-state index contributed by atoms with van der Waals surface area (Å²) < 4.78 is 1.69. The highest BCUT2D eigenvalue weighted by molar-refractivity contribution is 5.62. The van der Waals surface area contributed by atoms with Gasteiger partial charge in [-0.1, -0.05) is 30.3 Å². The predicted octanol–water partition coefficient (Wildman–Crippen LogP) is 2.16. The summed E-state index contributed by atoms with van der Waals surface area (Å²) >= 11 is 0. The molecule has 5 nitrogen and oxygen atoms in total. The molecule has 2 aromatic heterocycles. The van der Waals surface area contributed by atoms with Gasteiger partial charge in [-0.2, -0.15) is 5.26 Å². The molecule has 5 heteroatoms. The molecule has 0 saturated carbocycles. The summed E-state index contributed by atoms with van der Waals surface area (Å²) in [7, 11) is 0. The minimum atomic E-state index is -0.141. The third-order valence-corrected chi connectivity index (χ3v) is 3.21. The summed E-state index contributed by atoms with van der Waals surface area (Å²) in [5.74, 6) is 0.322. The van der Waals surface area contributed by atoms with E-state index in [1.807, 2.05) is 42.5 Å². The molecule has 0 spiro atoms. The molecule has 0 atom stereocenters. The molecule has 1 aromatic carbocycles. The van der Waals surface area contributed by atoms with Crippen molar-refractivity contribution < 1.29 is 0 Å². The normalized spacial score (nSPS) is 10.2. The maximum Gasteiger partial charge on any atom is 0.256 e. The van der Waals surface area contributed by atoms with Crippen molar-refractivity contribution >= 4 is 0 Å². The van der Waals surface area contributed by atoms with E-state index in [4.69, 9.17) is 5.26 Å². The van der Waals surface area contributed by atoms with Crippen LogP contribution in [0.15, 0.2) is 59.7 Å². The van der Waals surface area contributed by atoms with Gasteiger partial charge in [-0.05, 0) is 17.7 Å². The van der Waals surface area contributed by atoms with Crippen molar-refractivity contribution in [3.63, 3.8) is 0 Å². The molecule has 3 aromatic rings. The second-order valence-electron chi connectivity index (χ2n) is 4.58. The number of nitriles is 1. The first-order valence-electron chi connectivity index (χ1n) is 6.47. The van der Waals surface area contributed by atoms with Crippen molar-refractivity contribution in [2.75, 3.05) is 0 Å². The van der Waals surface area contributed by atoms with Crippen LogP contribution < -0.4 is 5.56 Å². The van der Waals surface area contributed by atoms with Crippen molar-refractivity contribution in [2.24, 2.45) is 0 Å². The van der Waals surface area contributed by atoms with Crippen LogP contribution in [-0.4, -0.2) is 14.5 Å². The second kappa shape index (κ2) is 5.47. The molecule has 0 aliphatic rings. The van der Waals surface area contributed by atoms with Crippen molar-refractivity contribution in [3.05, 3.63) is 76.7 Å². The van der Waals surface area contributed by atoms with Crippen LogP contribution in [0.2, 0.25) is 0 Å². The molecule has 0 unspecified atom stereocenters. The van der Waals surface area contributed by atoms with Crippen molar-refractivity contribution in [1.29, 1.82) is 5.26 Å². The average molecular weight is 276 g/mol. The van der Waals surface area contributed by atoms with E-state index in [0.29, 0.717) is 17.9 Å². The smallest absolute Gasteiger partial charge is 0.256 e. The van der Waals surface area contributed by atoms with Gasteiger partial charge in [-0.15, -0.1) is 0 Å². The fraction of sp³-hybridized carbons (Fsp3) is 0.0625. The molecular formula is C16H12N4O. The summed E-state index contributed by atoms with van der Waals surface area (Å²) in [6, 6.07) is 15.2. The van der Waals surface area contributed by atoms with Crippen molar-refractivity contribution in [3.8, 4) is 17.2 Å². The van der Waals surface area contributed by atoms with E-state index in [2.05, 4.69) is 9.97 Å². The van der Waals surface area contributed by atoms with Crippen LogP contribution in [0.25, 0.3) is 11.1 Å². The first kappa shape index (κ1) is 12.9. The number of hydrogen-bond donors (Lipinski definition) is 1. The molecule has 2 heterocycles. The number of rotatable bonds is 3. The van der Waals surface area contributed by atoms with E-state index in [1.54, 1.807) is 23.0 Å². The number of aromatic amines is 1. The number of aromatic nitrogens is 3. The maximum atomic E-state index is 12.2. The van der Waals surface area contributed by atoms with Crippen LogP contribution in [0.3, 0.4) is 0 Å². The lowest BCUT2D eigenvalue weighted by Gasteiger charge is -2.06. The molecule has 0 amide bonds. The van der Waals surface area contributed by atoms with Crippen LogP contribution in [0.4, 0.5) is 0 Å². The van der Waals surface area contributed by atoms with Crippen LogP contribution in [0.5, 0.6) is 0 Å². The number of nitrogens with one attached hydrogen (secondary N) is 1. The Morgan fingerprint density at radius 3 is 2.71 bits per heavy atom. The molecule has 102 valence electrons. The monoisotopic (exact) mass is 276 g/mol. The SMILES string of the molecule is N#Cc1nccn1Cc1ccc(-c2ccccc2)c(=O)[nH]1. The quantitative estimate of drug-likeness (QED) is 0.796. The Kier molecular flexibility index (Phi) is 3.36. The molecule has 0 aliphatic carbocycles. The van der Waals surface area contributed by atoms with Gasteiger partial charge in [0.15, 0.2) is 0 Å². The predicted molar refractivity (Wildman–Crippen MR) is 78.5 cm³/mol. The summed E-state index contributed by atoms with van der Waals surface area (Å²) in [6.07, 6.45) is 3.27. The van der Waals surface area contributed by atoms with Gasteiger partial charge in [0.05, 0.1) is 6.54 Å². The highest BCUT2D eigenvalue weighted by Crippen LogP contribution is 2.14. The Bertz CT molecular complexity index is 856. The minimum Gasteiger partial charge on any atom is -0.324 e. The Balaban J connectivity index is 1.92. The molecule has 3 rings (SSSR count). The molecule has 0 aliphatic heterocycles. The number of nitrogens with zero attached hydrogens (tertiary/aromatic N) is 3. The summed E-state index contributed by atoms with van der Waals surface area (Å²) in [5.41, 5.74) is 2.10. The van der Waals surface area contributed by atoms with E-state index in [-0.39, 0.29) is 5.56 Å². The Morgan fingerprint density at radius 2 is 2.00 bits per heavy atom. The molecule has 21 heavy (non-hydrogen) atoms. The molecular weight excluding hydrogens is 264 g/mol. The summed E-state index contributed by atoms with van der Waals surface area (Å²) in [5, 5.41) is 8.93. The molecule has 1 N–H and O–H groups in total. The van der Waals surface area contributed by atoms with Gasteiger partial charge in [0.1, 0.15) is 6.07 Å². The summed E-state index contributed by atoms with van der Waals surface area (Å²) in [6.45, 7) is 0.410. The molecule has 0 saturated heterocycles. The van der Waals surface area contributed by atoms with Gasteiger partial charge < -0.3 is 9.55 Å². The van der Waals surface area contributed by atoms with E-state index < -0.39 is 0 Å². The van der Waals surface area contributed by atoms with Crippen LogP contribution in [0, 0.1) is 11.3 Å². The highest BCUT2D eigenvalue weighted by Gasteiger charge is 2.06. The number of benzene rings is 1. The largest absolute Gasteiger partial charge is 0.324 e. The Morgan fingerprint density at radius 1 is 1.19 bits per heavy atom. The van der Waals surface area contributed by atoms with Gasteiger partial charge in [0.2, 0.25) is 5.82 Å². The number of pyridine rings is 1. The van der Waals surface area contributed by atoms with E-state index >= 15 is 0 Å². The van der Waals surface area contributed by atoms with Gasteiger partial charge in [-0.3, -0.25) is 4.79 Å². The van der Waals surface area contributed by atoms with Crippen LogP contribution in [0.1, 0.15) is 11.5 Å². The van der Waals surface area contributed by atoms with Crippen molar-refractivity contribution in [1.82, 2.24) is 14.5 Å². The first-order chi connectivity index (χ1) is 10.3. The fourth-order valence-electron chi connectivity index (χ4n) is 2.19. The number of imidazole rings is 1. The van der Waals surface area contributed by atoms with Gasteiger partial charge in [-0.25, -0.2) is 4.98 Å². The van der Waals surface area contributed by atoms with Gasteiger partial charge in [0.25, 0.3) is 5.56 Å². The number of hydrogen-bond acceptors (Lipinski definition) is 3. The standard InChI is InChI=1S/C16H12N4O/c17-10-15-18-8-9-20(15)11-13-6-7-14(16(21)19-13)12-4-2-1-3-5-12/h1-9H,11H2,(H,19,21). The van der Waals surface area contributed by atoms with Crippen molar-refractivity contribution in [2.45, 2.75) is 6.54 Å². The van der Waals surface area contributed by atoms with E-state index in [9.17, 15) is 4.79 Å². The van der Waals surface area contributed by atoms with E-state index in [0.717, 1.165) is 11.3 Å².